The highest BCUT2D eigenvalue weighted by Gasteiger charge is 2.33. The molecule has 1 aliphatic rings. The van der Waals surface area contributed by atoms with Crippen molar-refractivity contribution >= 4 is 11.9 Å². The van der Waals surface area contributed by atoms with Gasteiger partial charge in [0.15, 0.2) is 5.82 Å². The Morgan fingerprint density at radius 3 is 2.41 bits per heavy atom. The van der Waals surface area contributed by atoms with E-state index in [-0.39, 0.29) is 5.75 Å². The fourth-order valence-corrected chi connectivity index (χ4v) is 3.26. The first-order valence-electron chi connectivity index (χ1n) is 8.54. The second kappa shape index (κ2) is 6.28. The van der Waals surface area contributed by atoms with E-state index in [4.69, 9.17) is 5.73 Å². The fourth-order valence-electron chi connectivity index (χ4n) is 3.26. The summed E-state index contributed by atoms with van der Waals surface area (Å²) in [6.45, 7) is 3.81. The number of aromatic hydroxyl groups is 1. The minimum atomic E-state index is -0.531. The zero-order valence-corrected chi connectivity index (χ0v) is 15.0. The number of nitrogens with one attached hydrogen (secondary N) is 1. The van der Waals surface area contributed by atoms with Crippen molar-refractivity contribution in [3.8, 4) is 17.1 Å². The number of allylic oxidation sites excluding steroid dienone is 1. The molecular formula is C20H19N5O2. The Labute approximate surface area is 156 Å². The van der Waals surface area contributed by atoms with Crippen LogP contribution in [-0.2, 0) is 4.79 Å². The van der Waals surface area contributed by atoms with Gasteiger partial charge in [0.2, 0.25) is 11.9 Å². The Hall–Kier alpha value is -3.61. The zero-order chi connectivity index (χ0) is 19.1. The van der Waals surface area contributed by atoms with Crippen LogP contribution in [-0.4, -0.2) is 25.8 Å². The van der Waals surface area contributed by atoms with E-state index in [9.17, 15) is 9.90 Å². The zero-order valence-electron chi connectivity index (χ0n) is 15.0. The molecular weight excluding hydrogens is 342 g/mol. The van der Waals surface area contributed by atoms with Crippen LogP contribution in [0, 0.1) is 6.92 Å². The van der Waals surface area contributed by atoms with E-state index in [2.05, 4.69) is 15.4 Å². The fraction of sp³-hybridized carbons (Fsp3) is 0.150. The Kier molecular flexibility index (Phi) is 3.92. The summed E-state index contributed by atoms with van der Waals surface area (Å²) in [7, 11) is 0. The molecule has 2 aromatic carbocycles. The maximum atomic E-state index is 12.2. The third-order valence-electron chi connectivity index (χ3n) is 4.64. The van der Waals surface area contributed by atoms with Gasteiger partial charge in [0.1, 0.15) is 11.8 Å². The number of fused-ring (bicyclic) bond motifs is 1. The first kappa shape index (κ1) is 16.8. The second-order valence-electron chi connectivity index (χ2n) is 6.59. The first-order valence-corrected chi connectivity index (χ1v) is 8.54. The number of aromatic nitrogens is 3. The summed E-state index contributed by atoms with van der Waals surface area (Å²) in [6.07, 6.45) is 0. The van der Waals surface area contributed by atoms with E-state index in [1.807, 2.05) is 31.2 Å². The third-order valence-corrected chi connectivity index (χ3v) is 4.64. The molecule has 4 rings (SSSR count). The number of carbonyl (C=O) groups is 1. The number of rotatable bonds is 3. The van der Waals surface area contributed by atoms with Crippen molar-refractivity contribution in [2.75, 3.05) is 5.32 Å². The predicted octanol–water partition coefficient (Wildman–Crippen LogP) is 2.73. The van der Waals surface area contributed by atoms with Crippen molar-refractivity contribution in [3.05, 3.63) is 70.9 Å². The van der Waals surface area contributed by atoms with Gasteiger partial charge in [-0.05, 0) is 31.5 Å². The van der Waals surface area contributed by atoms with E-state index in [0.29, 0.717) is 23.0 Å². The summed E-state index contributed by atoms with van der Waals surface area (Å²) in [5, 5.41) is 17.4. The smallest absolute Gasteiger partial charge is 0.248 e. The predicted molar refractivity (Wildman–Crippen MR) is 102 cm³/mol. The summed E-state index contributed by atoms with van der Waals surface area (Å²) in [5.74, 6) is 0.704. The van der Waals surface area contributed by atoms with Crippen molar-refractivity contribution in [2.24, 2.45) is 5.73 Å². The number of hydrogen-bond donors (Lipinski definition) is 3. The van der Waals surface area contributed by atoms with Crippen LogP contribution in [0.25, 0.3) is 11.4 Å². The standard InChI is InChI=1S/C20H19N5O2/c1-11-3-5-14(6-4-11)19-23-20-22-12(2)16(18(21)27)17(25(20)24-19)13-7-9-15(26)10-8-13/h3-10,17,26H,1-2H3,(H2,21,27)(H,22,23,24). The highest BCUT2D eigenvalue weighted by molar-refractivity contribution is 5.95. The number of anilines is 1. The number of phenols is 1. The number of primary amides is 1. The van der Waals surface area contributed by atoms with Crippen molar-refractivity contribution in [2.45, 2.75) is 19.9 Å². The van der Waals surface area contributed by atoms with Gasteiger partial charge >= 0.3 is 0 Å². The van der Waals surface area contributed by atoms with Crippen LogP contribution in [0.5, 0.6) is 5.75 Å². The van der Waals surface area contributed by atoms with Gasteiger partial charge in [0.05, 0.1) is 5.57 Å². The molecule has 0 fully saturated rings. The Bertz CT molecular complexity index is 1050. The molecule has 1 aliphatic heterocycles. The lowest BCUT2D eigenvalue weighted by atomic mass is 9.95. The van der Waals surface area contributed by atoms with E-state index < -0.39 is 11.9 Å². The molecule has 4 N–H and O–H groups in total. The molecule has 1 atom stereocenters. The minimum Gasteiger partial charge on any atom is -0.508 e. The average Bonchev–Trinajstić information content (AvgIpc) is 3.05. The number of aryl methyl sites for hydroxylation is 1. The molecule has 0 radical (unpaired) electrons. The van der Waals surface area contributed by atoms with E-state index in [1.165, 1.54) is 0 Å². The molecule has 27 heavy (non-hydrogen) atoms. The van der Waals surface area contributed by atoms with E-state index >= 15 is 0 Å². The van der Waals surface area contributed by atoms with Crippen molar-refractivity contribution < 1.29 is 9.90 Å². The largest absolute Gasteiger partial charge is 0.508 e. The SMILES string of the molecule is CC1=C(C(N)=O)C(c2ccc(O)cc2)n2nc(-c3ccc(C)cc3)nc2N1. The van der Waals surface area contributed by atoms with Crippen LogP contribution in [0.15, 0.2) is 59.8 Å². The highest BCUT2D eigenvalue weighted by Crippen LogP contribution is 2.36. The minimum absolute atomic E-state index is 0.146. The van der Waals surface area contributed by atoms with Gasteiger partial charge in [-0.15, -0.1) is 5.10 Å². The van der Waals surface area contributed by atoms with Gasteiger partial charge in [-0.25, -0.2) is 4.68 Å². The maximum Gasteiger partial charge on any atom is 0.248 e. The molecule has 7 nitrogen and oxygen atoms in total. The molecule has 7 heteroatoms. The Balaban J connectivity index is 1.87. The summed E-state index contributed by atoms with van der Waals surface area (Å²) >= 11 is 0. The third kappa shape index (κ3) is 2.93. The van der Waals surface area contributed by atoms with Gasteiger partial charge in [-0.2, -0.15) is 4.98 Å². The molecule has 0 saturated heterocycles. The van der Waals surface area contributed by atoms with E-state index in [0.717, 1.165) is 16.7 Å². The van der Waals surface area contributed by atoms with Crippen molar-refractivity contribution in [3.63, 3.8) is 0 Å². The van der Waals surface area contributed by atoms with Crippen LogP contribution >= 0.6 is 0 Å². The molecule has 1 unspecified atom stereocenters. The lowest BCUT2D eigenvalue weighted by Gasteiger charge is -2.27. The van der Waals surface area contributed by atoms with E-state index in [1.54, 1.807) is 35.9 Å². The lowest BCUT2D eigenvalue weighted by Crippen LogP contribution is -2.31. The summed E-state index contributed by atoms with van der Waals surface area (Å²) in [5.41, 5.74) is 9.52. The molecule has 1 aromatic heterocycles. The number of carbonyl (C=O) groups excluding carboxylic acids is 1. The van der Waals surface area contributed by atoms with Crippen molar-refractivity contribution in [1.82, 2.24) is 14.8 Å². The number of phenolic OH excluding ortho intramolecular Hbond substituents is 1. The quantitative estimate of drug-likeness (QED) is 0.665. The summed E-state index contributed by atoms with van der Waals surface area (Å²) < 4.78 is 1.66. The monoisotopic (exact) mass is 361 g/mol. The van der Waals surface area contributed by atoms with Gasteiger partial charge in [0.25, 0.3) is 0 Å². The average molecular weight is 361 g/mol. The summed E-state index contributed by atoms with van der Waals surface area (Å²) in [4.78, 5) is 16.7. The molecule has 0 bridgehead atoms. The van der Waals surface area contributed by atoms with Crippen LogP contribution in [0.4, 0.5) is 5.95 Å². The molecule has 2 heterocycles. The van der Waals surface area contributed by atoms with Crippen LogP contribution < -0.4 is 11.1 Å². The molecule has 1 amide bonds. The molecule has 0 spiro atoms. The highest BCUT2D eigenvalue weighted by atomic mass is 16.3. The first-order chi connectivity index (χ1) is 12.9. The van der Waals surface area contributed by atoms with Gasteiger partial charge in [-0.1, -0.05) is 42.0 Å². The van der Waals surface area contributed by atoms with Gasteiger partial charge in [0, 0.05) is 11.3 Å². The number of nitrogens with two attached hydrogens (primary N) is 1. The van der Waals surface area contributed by atoms with Crippen LogP contribution in [0.1, 0.15) is 24.1 Å². The van der Waals surface area contributed by atoms with Crippen LogP contribution in [0.3, 0.4) is 0 Å². The molecule has 0 saturated carbocycles. The molecule has 136 valence electrons. The number of hydrogen-bond acceptors (Lipinski definition) is 5. The van der Waals surface area contributed by atoms with Gasteiger partial charge in [-0.3, -0.25) is 4.79 Å². The number of benzene rings is 2. The lowest BCUT2D eigenvalue weighted by molar-refractivity contribution is -0.115. The van der Waals surface area contributed by atoms with Crippen molar-refractivity contribution in [1.29, 1.82) is 0 Å². The number of amides is 1. The Morgan fingerprint density at radius 2 is 1.78 bits per heavy atom. The topological polar surface area (TPSA) is 106 Å². The summed E-state index contributed by atoms with van der Waals surface area (Å²) in [6, 6.07) is 14.0. The molecule has 3 aromatic rings. The van der Waals surface area contributed by atoms with Crippen LogP contribution in [0.2, 0.25) is 0 Å². The number of nitrogens with zero attached hydrogens (tertiary/aromatic N) is 3. The molecule has 0 aliphatic carbocycles. The normalized spacial score (nSPS) is 16.0. The second-order valence-corrected chi connectivity index (χ2v) is 6.59. The maximum absolute atomic E-state index is 12.2. The van der Waals surface area contributed by atoms with Gasteiger partial charge < -0.3 is 16.2 Å². The Morgan fingerprint density at radius 1 is 1.11 bits per heavy atom.